The number of likely N-dealkylation sites (tertiary alicyclic amines) is 1. The van der Waals surface area contributed by atoms with E-state index >= 15 is 0 Å². The molecule has 128 valence electrons. The van der Waals surface area contributed by atoms with Crippen LogP contribution in [-0.2, 0) is 0 Å². The first-order valence-corrected chi connectivity index (χ1v) is 8.42. The second kappa shape index (κ2) is 6.16. The van der Waals surface area contributed by atoms with Crippen molar-refractivity contribution >= 4 is 11.6 Å². The number of hydrogen-bond acceptors (Lipinski definition) is 4. The Kier molecular flexibility index (Phi) is 3.83. The van der Waals surface area contributed by atoms with Crippen LogP contribution in [-0.4, -0.2) is 43.5 Å². The van der Waals surface area contributed by atoms with Gasteiger partial charge in [-0.1, -0.05) is 6.07 Å². The van der Waals surface area contributed by atoms with Crippen LogP contribution in [0.25, 0.3) is 5.65 Å². The molecule has 0 radical (unpaired) electrons. The third-order valence-electron chi connectivity index (χ3n) is 4.78. The molecule has 1 aliphatic heterocycles. The van der Waals surface area contributed by atoms with Crippen molar-refractivity contribution in [2.45, 2.75) is 25.7 Å². The molecule has 25 heavy (non-hydrogen) atoms. The number of aryl methyl sites for hydroxylation is 1. The predicted molar refractivity (Wildman–Crippen MR) is 92.7 cm³/mol. The summed E-state index contributed by atoms with van der Waals surface area (Å²) in [5, 5.41) is 8.56. The summed E-state index contributed by atoms with van der Waals surface area (Å²) < 4.78 is 1.99. The molecule has 3 aromatic rings. The normalized spacial score (nSPS) is 17.8. The van der Waals surface area contributed by atoms with Crippen LogP contribution < -0.4 is 5.56 Å². The molecule has 0 saturated carbocycles. The zero-order chi connectivity index (χ0) is 17.4. The van der Waals surface area contributed by atoms with Gasteiger partial charge in [0.05, 0.1) is 5.56 Å². The van der Waals surface area contributed by atoms with Gasteiger partial charge in [0.15, 0.2) is 5.65 Å². The third kappa shape index (κ3) is 2.82. The molecule has 0 aromatic carbocycles. The molecule has 3 aromatic heterocycles. The second-order valence-electron chi connectivity index (χ2n) is 6.47. The molecule has 0 bridgehead atoms. The lowest BCUT2D eigenvalue weighted by Gasteiger charge is -2.32. The Bertz CT molecular complexity index is 990. The number of nitrogens with zero attached hydrogens (tertiary/aromatic N) is 4. The van der Waals surface area contributed by atoms with Crippen molar-refractivity contribution in [3.63, 3.8) is 0 Å². The quantitative estimate of drug-likeness (QED) is 0.772. The number of H-pyrrole nitrogens is 1. The predicted octanol–water partition coefficient (Wildman–Crippen LogP) is 1.75. The molecule has 7 nitrogen and oxygen atoms in total. The molecule has 0 spiro atoms. The summed E-state index contributed by atoms with van der Waals surface area (Å²) in [6, 6.07) is 7.27. The van der Waals surface area contributed by atoms with E-state index in [-0.39, 0.29) is 17.4 Å². The highest BCUT2D eigenvalue weighted by Crippen LogP contribution is 2.27. The maximum atomic E-state index is 12.9. The highest BCUT2D eigenvalue weighted by Gasteiger charge is 2.29. The maximum absolute atomic E-state index is 12.9. The fourth-order valence-electron chi connectivity index (χ4n) is 3.48. The largest absolute Gasteiger partial charge is 0.338 e. The van der Waals surface area contributed by atoms with Gasteiger partial charge in [-0.15, -0.1) is 10.2 Å². The van der Waals surface area contributed by atoms with Gasteiger partial charge in [0, 0.05) is 37.5 Å². The molecule has 1 fully saturated rings. The van der Waals surface area contributed by atoms with Crippen LogP contribution in [0.1, 0.15) is 40.5 Å². The Hall–Kier alpha value is -2.96. The van der Waals surface area contributed by atoms with E-state index < -0.39 is 0 Å². The molecular formula is C18H19N5O2. The van der Waals surface area contributed by atoms with Crippen molar-refractivity contribution in [2.24, 2.45) is 0 Å². The Morgan fingerprint density at radius 1 is 1.32 bits per heavy atom. The van der Waals surface area contributed by atoms with Crippen molar-refractivity contribution in [3.05, 3.63) is 64.0 Å². The van der Waals surface area contributed by atoms with Crippen LogP contribution in [0.5, 0.6) is 0 Å². The number of amides is 1. The van der Waals surface area contributed by atoms with Crippen molar-refractivity contribution in [1.82, 2.24) is 24.5 Å². The highest BCUT2D eigenvalue weighted by atomic mass is 16.2. The summed E-state index contributed by atoms with van der Waals surface area (Å²) in [7, 11) is 0. The standard InChI is InChI=1S/C18H19N5O2/c1-12-9-16(24)19-10-14(12)18(25)22-7-4-5-13(11-22)17-21-20-15-6-2-3-8-23(15)17/h2-3,6,8-10,13H,4-5,7,11H2,1H3,(H,19,24). The van der Waals surface area contributed by atoms with Gasteiger partial charge in [-0.2, -0.15) is 0 Å². The van der Waals surface area contributed by atoms with E-state index in [1.807, 2.05) is 33.7 Å². The minimum atomic E-state index is -0.194. The van der Waals surface area contributed by atoms with Gasteiger partial charge in [0.2, 0.25) is 5.56 Å². The topological polar surface area (TPSA) is 83.4 Å². The molecule has 1 aliphatic rings. The SMILES string of the molecule is Cc1cc(=O)[nH]cc1C(=O)N1CCCC(c2nnc3ccccn23)C1. The van der Waals surface area contributed by atoms with Crippen LogP contribution in [0.2, 0.25) is 0 Å². The van der Waals surface area contributed by atoms with Gasteiger partial charge in [-0.3, -0.25) is 14.0 Å². The molecule has 1 amide bonds. The van der Waals surface area contributed by atoms with E-state index in [4.69, 9.17) is 0 Å². The number of rotatable bonds is 2. The van der Waals surface area contributed by atoms with E-state index in [0.29, 0.717) is 24.2 Å². The fraction of sp³-hybridized carbons (Fsp3) is 0.333. The molecule has 1 atom stereocenters. The van der Waals surface area contributed by atoms with Crippen molar-refractivity contribution in [2.75, 3.05) is 13.1 Å². The van der Waals surface area contributed by atoms with Crippen molar-refractivity contribution in [1.29, 1.82) is 0 Å². The summed E-state index contributed by atoms with van der Waals surface area (Å²) in [5.41, 5.74) is 1.87. The van der Waals surface area contributed by atoms with Crippen molar-refractivity contribution in [3.8, 4) is 0 Å². The summed E-state index contributed by atoms with van der Waals surface area (Å²) in [4.78, 5) is 28.7. The first-order valence-electron chi connectivity index (χ1n) is 8.42. The molecule has 7 heteroatoms. The lowest BCUT2D eigenvalue weighted by molar-refractivity contribution is 0.0703. The first-order chi connectivity index (χ1) is 12.1. The minimum absolute atomic E-state index is 0.0488. The number of pyridine rings is 2. The minimum Gasteiger partial charge on any atom is -0.338 e. The summed E-state index contributed by atoms with van der Waals surface area (Å²) in [6.07, 6.45) is 5.36. The van der Waals surface area contributed by atoms with E-state index in [9.17, 15) is 9.59 Å². The van der Waals surface area contributed by atoms with Gasteiger partial charge in [0.25, 0.3) is 5.91 Å². The number of nitrogens with one attached hydrogen (secondary N) is 1. The van der Waals surface area contributed by atoms with Crippen LogP contribution in [0, 0.1) is 6.92 Å². The van der Waals surface area contributed by atoms with Crippen LogP contribution in [0.4, 0.5) is 0 Å². The van der Waals surface area contributed by atoms with Crippen molar-refractivity contribution < 1.29 is 4.79 Å². The number of aromatic amines is 1. The number of fused-ring (bicyclic) bond motifs is 1. The number of carbonyl (C=O) groups is 1. The lowest BCUT2D eigenvalue weighted by atomic mass is 9.96. The summed E-state index contributed by atoms with van der Waals surface area (Å²) in [5.74, 6) is 0.997. The number of aromatic nitrogens is 4. The van der Waals surface area contributed by atoms with Crippen LogP contribution >= 0.6 is 0 Å². The van der Waals surface area contributed by atoms with Gasteiger partial charge < -0.3 is 9.88 Å². The maximum Gasteiger partial charge on any atom is 0.255 e. The summed E-state index contributed by atoms with van der Waals surface area (Å²) in [6.45, 7) is 3.10. The Morgan fingerprint density at radius 2 is 2.20 bits per heavy atom. The molecule has 4 heterocycles. The first kappa shape index (κ1) is 15.6. The Labute approximate surface area is 144 Å². The van der Waals surface area contributed by atoms with Gasteiger partial charge in [0.1, 0.15) is 5.82 Å². The molecule has 1 saturated heterocycles. The molecule has 1 N–H and O–H groups in total. The van der Waals surface area contributed by atoms with Gasteiger partial charge >= 0.3 is 0 Å². The van der Waals surface area contributed by atoms with E-state index in [1.54, 1.807) is 6.92 Å². The molecule has 1 unspecified atom stereocenters. The van der Waals surface area contributed by atoms with Gasteiger partial charge in [-0.25, -0.2) is 0 Å². The number of carbonyl (C=O) groups excluding carboxylic acids is 1. The highest BCUT2D eigenvalue weighted by molar-refractivity contribution is 5.95. The average Bonchev–Trinajstić information content (AvgIpc) is 3.05. The van der Waals surface area contributed by atoms with Gasteiger partial charge in [-0.05, 0) is 37.5 Å². The monoisotopic (exact) mass is 337 g/mol. The Balaban J connectivity index is 1.60. The lowest BCUT2D eigenvalue weighted by Crippen LogP contribution is -2.40. The van der Waals surface area contributed by atoms with E-state index in [1.165, 1.54) is 12.3 Å². The molecular weight excluding hydrogens is 318 g/mol. The zero-order valence-electron chi connectivity index (χ0n) is 14.0. The molecule has 4 rings (SSSR count). The third-order valence-corrected chi connectivity index (χ3v) is 4.78. The number of piperidine rings is 1. The smallest absolute Gasteiger partial charge is 0.255 e. The Morgan fingerprint density at radius 3 is 3.04 bits per heavy atom. The van der Waals surface area contributed by atoms with Crippen LogP contribution in [0.15, 0.2) is 41.5 Å². The second-order valence-corrected chi connectivity index (χ2v) is 6.47. The average molecular weight is 337 g/mol. The van der Waals surface area contributed by atoms with E-state index in [0.717, 1.165) is 24.3 Å². The fourth-order valence-corrected chi connectivity index (χ4v) is 3.48. The van der Waals surface area contributed by atoms with E-state index in [2.05, 4.69) is 15.2 Å². The summed E-state index contributed by atoms with van der Waals surface area (Å²) >= 11 is 0. The molecule has 0 aliphatic carbocycles. The number of hydrogen-bond donors (Lipinski definition) is 1. The zero-order valence-corrected chi connectivity index (χ0v) is 14.0. The van der Waals surface area contributed by atoms with Crippen LogP contribution in [0.3, 0.4) is 0 Å².